The summed E-state index contributed by atoms with van der Waals surface area (Å²) in [4.78, 5) is 22.7. The summed E-state index contributed by atoms with van der Waals surface area (Å²) in [5, 5.41) is 0. The highest BCUT2D eigenvalue weighted by molar-refractivity contribution is 7.47. The summed E-state index contributed by atoms with van der Waals surface area (Å²) < 4.78 is 34.7. The third-order valence-electron chi connectivity index (χ3n) is 7.52. The van der Waals surface area contributed by atoms with E-state index in [1.54, 1.807) is 0 Å². The number of carbonyl (C=O) groups is 1. The van der Waals surface area contributed by atoms with Crippen LogP contribution in [0.15, 0.2) is 24.3 Å². The molecule has 0 fully saturated rings. The molecule has 45 heavy (non-hydrogen) atoms. The predicted molar refractivity (Wildman–Crippen MR) is 187 cm³/mol. The third kappa shape index (κ3) is 34.1. The monoisotopic (exact) mass is 660 g/mol. The van der Waals surface area contributed by atoms with Crippen LogP contribution in [0.2, 0.25) is 0 Å². The van der Waals surface area contributed by atoms with Crippen LogP contribution in [-0.4, -0.2) is 75.6 Å². The van der Waals surface area contributed by atoms with Gasteiger partial charge in [-0.2, -0.15) is 0 Å². The van der Waals surface area contributed by atoms with E-state index >= 15 is 0 Å². The summed E-state index contributed by atoms with van der Waals surface area (Å²) in [5.74, 6) is -0.330. The first-order valence-corrected chi connectivity index (χ1v) is 19.6. The molecule has 0 aliphatic heterocycles. The van der Waals surface area contributed by atoms with Gasteiger partial charge in [0.1, 0.15) is 19.3 Å². The minimum Gasteiger partial charge on any atom is -0.457 e. The Morgan fingerprint density at radius 1 is 0.689 bits per heavy atom. The van der Waals surface area contributed by atoms with E-state index in [1.807, 2.05) is 21.1 Å². The number of nitrogens with zero attached hydrogens (tertiary/aromatic N) is 1. The van der Waals surface area contributed by atoms with Crippen LogP contribution in [0.5, 0.6) is 0 Å². The van der Waals surface area contributed by atoms with Crippen LogP contribution in [-0.2, 0) is 27.9 Å². The zero-order valence-electron chi connectivity index (χ0n) is 29.9. The smallest absolute Gasteiger partial charge is 0.457 e. The molecule has 0 aromatic carbocycles. The minimum absolute atomic E-state index is 0.0869. The van der Waals surface area contributed by atoms with Gasteiger partial charge in [0.2, 0.25) is 0 Å². The topological polar surface area (TPSA) is 91.3 Å². The standard InChI is InChI=1S/C36H70NO7P/c1-6-8-10-12-14-16-17-18-19-20-21-23-25-27-29-36(38)44-35(34-43-45(39,40)42-32-30-37(3,4)5)33-41-31-28-26-24-22-15-13-11-9-7-2/h12,14,17-18,35H,6-11,13,15-16,19-34H2,1-5H3/p+1/b14-12-,18-17-. The second-order valence-electron chi connectivity index (χ2n) is 13.3. The zero-order chi connectivity index (χ0) is 33.5. The number of hydrogen-bond donors (Lipinski definition) is 1. The Labute approximate surface area is 277 Å². The van der Waals surface area contributed by atoms with E-state index in [0.717, 1.165) is 57.8 Å². The molecule has 1 N–H and O–H groups in total. The highest BCUT2D eigenvalue weighted by Crippen LogP contribution is 2.43. The van der Waals surface area contributed by atoms with Gasteiger partial charge in [0.15, 0.2) is 0 Å². The quantitative estimate of drug-likeness (QED) is 0.0246. The van der Waals surface area contributed by atoms with Crippen LogP contribution in [0.1, 0.15) is 142 Å². The molecule has 0 radical (unpaired) electrons. The van der Waals surface area contributed by atoms with Crippen LogP contribution < -0.4 is 0 Å². The Bertz CT molecular complexity index is 782. The van der Waals surface area contributed by atoms with Gasteiger partial charge in [-0.3, -0.25) is 13.8 Å². The van der Waals surface area contributed by atoms with Crippen molar-refractivity contribution < 1.29 is 37.3 Å². The third-order valence-corrected chi connectivity index (χ3v) is 8.50. The fraction of sp³-hybridized carbons (Fsp3) is 0.861. The number of esters is 1. The molecule has 2 unspecified atom stereocenters. The van der Waals surface area contributed by atoms with Crippen molar-refractivity contribution in [1.29, 1.82) is 0 Å². The van der Waals surface area contributed by atoms with Gasteiger partial charge in [0, 0.05) is 13.0 Å². The van der Waals surface area contributed by atoms with Crippen molar-refractivity contribution in [3.05, 3.63) is 24.3 Å². The zero-order valence-corrected chi connectivity index (χ0v) is 30.7. The van der Waals surface area contributed by atoms with E-state index in [4.69, 9.17) is 18.5 Å². The number of rotatable bonds is 33. The lowest BCUT2D eigenvalue weighted by Gasteiger charge is -2.24. The maximum atomic E-state index is 12.6. The molecule has 0 heterocycles. The van der Waals surface area contributed by atoms with Gasteiger partial charge in [-0.25, -0.2) is 4.57 Å². The molecule has 0 saturated heterocycles. The van der Waals surface area contributed by atoms with E-state index in [-0.39, 0.29) is 25.8 Å². The molecule has 0 spiro atoms. The molecular weight excluding hydrogens is 589 g/mol. The van der Waals surface area contributed by atoms with Crippen LogP contribution in [0.3, 0.4) is 0 Å². The molecule has 9 heteroatoms. The fourth-order valence-electron chi connectivity index (χ4n) is 4.63. The largest absolute Gasteiger partial charge is 0.472 e. The first-order chi connectivity index (χ1) is 21.6. The molecule has 266 valence electrons. The first-order valence-electron chi connectivity index (χ1n) is 18.1. The number of hydrogen-bond acceptors (Lipinski definition) is 6. The number of likely N-dealkylation sites (N-methyl/N-ethyl adjacent to an activating group) is 1. The summed E-state index contributed by atoms with van der Waals surface area (Å²) in [6, 6.07) is 0. The number of unbranched alkanes of at least 4 members (excludes halogenated alkanes) is 15. The van der Waals surface area contributed by atoms with Gasteiger partial charge >= 0.3 is 13.8 Å². The first kappa shape index (κ1) is 44.0. The normalized spacial score (nSPS) is 14.4. The Hall–Kier alpha value is -1.02. The molecule has 0 aromatic rings. The summed E-state index contributed by atoms with van der Waals surface area (Å²) in [6.07, 6.45) is 30.6. The number of allylic oxidation sites excluding steroid dienone is 4. The van der Waals surface area contributed by atoms with E-state index in [9.17, 15) is 14.3 Å². The molecule has 0 bridgehead atoms. The maximum absolute atomic E-state index is 12.6. The fourth-order valence-corrected chi connectivity index (χ4v) is 5.37. The van der Waals surface area contributed by atoms with Crippen molar-refractivity contribution in [2.45, 2.75) is 148 Å². The number of quaternary nitrogens is 1. The average molecular weight is 661 g/mol. The van der Waals surface area contributed by atoms with Crippen LogP contribution in [0, 0.1) is 0 Å². The Morgan fingerprint density at radius 2 is 1.24 bits per heavy atom. The molecule has 0 saturated carbocycles. The minimum atomic E-state index is -4.26. The number of phosphoric ester groups is 1. The van der Waals surface area contributed by atoms with Crippen LogP contribution in [0.25, 0.3) is 0 Å². The summed E-state index contributed by atoms with van der Waals surface area (Å²) in [6.45, 7) is 5.54. The van der Waals surface area contributed by atoms with Gasteiger partial charge < -0.3 is 18.9 Å². The molecule has 0 aromatic heterocycles. The van der Waals surface area contributed by atoms with Crippen molar-refractivity contribution in [3.8, 4) is 0 Å². The lowest BCUT2D eigenvalue weighted by Crippen LogP contribution is -2.37. The SMILES string of the molecule is CCCC/C=C\C/C=C\CCCCCCCC(=O)OC(COCCCCCCCCCCC)COP(=O)(O)OCC[N+](C)(C)C. The molecular formula is C36H71NO7P+. The van der Waals surface area contributed by atoms with Crippen LogP contribution >= 0.6 is 7.82 Å². The lowest BCUT2D eigenvalue weighted by atomic mass is 10.1. The molecule has 0 rings (SSSR count). The van der Waals surface area contributed by atoms with Crippen molar-refractivity contribution >= 4 is 13.8 Å². The molecule has 0 amide bonds. The highest BCUT2D eigenvalue weighted by atomic mass is 31.2. The second kappa shape index (κ2) is 30.3. The summed E-state index contributed by atoms with van der Waals surface area (Å²) in [7, 11) is 1.66. The lowest BCUT2D eigenvalue weighted by molar-refractivity contribution is -0.870. The predicted octanol–water partition coefficient (Wildman–Crippen LogP) is 9.71. The van der Waals surface area contributed by atoms with E-state index in [2.05, 4.69) is 38.2 Å². The molecule has 8 nitrogen and oxygen atoms in total. The van der Waals surface area contributed by atoms with Gasteiger partial charge in [0.25, 0.3) is 0 Å². The summed E-state index contributed by atoms with van der Waals surface area (Å²) >= 11 is 0. The number of carbonyl (C=O) groups excluding carboxylic acids is 1. The van der Waals surface area contributed by atoms with Gasteiger partial charge in [-0.05, 0) is 38.5 Å². The average Bonchev–Trinajstić information content (AvgIpc) is 2.98. The van der Waals surface area contributed by atoms with Gasteiger partial charge in [-0.1, -0.05) is 122 Å². The van der Waals surface area contributed by atoms with Crippen molar-refractivity contribution in [1.82, 2.24) is 0 Å². The maximum Gasteiger partial charge on any atom is 0.472 e. The number of phosphoric acid groups is 1. The molecule has 0 aliphatic rings. The summed E-state index contributed by atoms with van der Waals surface area (Å²) in [5.41, 5.74) is 0. The van der Waals surface area contributed by atoms with E-state index in [0.29, 0.717) is 24.1 Å². The molecule has 2 atom stereocenters. The van der Waals surface area contributed by atoms with Crippen LogP contribution in [0.4, 0.5) is 0 Å². The molecule has 0 aliphatic carbocycles. The second-order valence-corrected chi connectivity index (χ2v) is 14.7. The van der Waals surface area contributed by atoms with E-state index < -0.39 is 13.9 Å². The highest BCUT2D eigenvalue weighted by Gasteiger charge is 2.26. The van der Waals surface area contributed by atoms with Crippen molar-refractivity contribution in [2.75, 3.05) is 54.1 Å². The van der Waals surface area contributed by atoms with Gasteiger partial charge in [-0.15, -0.1) is 0 Å². The van der Waals surface area contributed by atoms with E-state index in [1.165, 1.54) is 64.2 Å². The Balaban J connectivity index is 4.34. The Morgan fingerprint density at radius 3 is 1.87 bits per heavy atom. The Kier molecular flexibility index (Phi) is 29.6. The van der Waals surface area contributed by atoms with Gasteiger partial charge in [0.05, 0.1) is 34.4 Å². The van der Waals surface area contributed by atoms with Crippen molar-refractivity contribution in [2.24, 2.45) is 0 Å². The van der Waals surface area contributed by atoms with Crippen molar-refractivity contribution in [3.63, 3.8) is 0 Å². The number of ether oxygens (including phenoxy) is 2.